The fraction of sp³-hybridized carbons (Fsp3) is 0.600. The molecular weight excluding hydrogens is 328 g/mol. The first-order valence-electron chi connectivity index (χ1n) is 9.45. The molecule has 2 aliphatic rings. The predicted octanol–water partition coefficient (Wildman–Crippen LogP) is 2.49. The zero-order valence-electron chi connectivity index (χ0n) is 15.7. The van der Waals surface area contributed by atoms with Crippen LogP contribution >= 0.6 is 0 Å². The quantitative estimate of drug-likeness (QED) is 0.793. The van der Waals surface area contributed by atoms with Crippen molar-refractivity contribution in [2.75, 3.05) is 33.3 Å². The average Bonchev–Trinajstić information content (AvgIpc) is 3.02. The third-order valence-corrected chi connectivity index (χ3v) is 5.79. The molecule has 4 rings (SSSR count). The van der Waals surface area contributed by atoms with E-state index in [0.29, 0.717) is 18.1 Å². The first-order chi connectivity index (χ1) is 12.6. The van der Waals surface area contributed by atoms with Gasteiger partial charge in [-0.05, 0) is 50.9 Å². The molecule has 2 aromatic rings. The summed E-state index contributed by atoms with van der Waals surface area (Å²) in [6, 6.07) is 6.06. The van der Waals surface area contributed by atoms with Gasteiger partial charge in [0.15, 0.2) is 0 Å². The monoisotopic (exact) mass is 356 g/mol. The summed E-state index contributed by atoms with van der Waals surface area (Å²) in [5.74, 6) is 1.52. The molecule has 0 bridgehead atoms. The maximum Gasteiger partial charge on any atom is 0.133 e. The highest BCUT2D eigenvalue weighted by Crippen LogP contribution is 2.38. The number of rotatable bonds is 6. The molecule has 2 aliphatic heterocycles. The second-order valence-corrected chi connectivity index (χ2v) is 7.96. The molecule has 140 valence electrons. The summed E-state index contributed by atoms with van der Waals surface area (Å²) in [4.78, 5) is 9.16. The van der Waals surface area contributed by atoms with Crippen LogP contribution in [0.2, 0.25) is 0 Å². The number of aryl methyl sites for hydroxylation is 1. The highest BCUT2D eigenvalue weighted by Gasteiger charge is 2.49. The van der Waals surface area contributed by atoms with Gasteiger partial charge in [0.25, 0.3) is 0 Å². The maximum absolute atomic E-state index is 5.99. The van der Waals surface area contributed by atoms with Crippen molar-refractivity contribution in [2.24, 2.45) is 5.92 Å². The van der Waals surface area contributed by atoms with Crippen LogP contribution in [0.25, 0.3) is 0 Å². The topological polar surface area (TPSA) is 54.6 Å². The summed E-state index contributed by atoms with van der Waals surface area (Å²) in [5, 5.41) is 4.12. The van der Waals surface area contributed by atoms with E-state index in [-0.39, 0.29) is 0 Å². The molecule has 4 heterocycles. The lowest BCUT2D eigenvalue weighted by Crippen LogP contribution is -2.71. The van der Waals surface area contributed by atoms with Crippen LogP contribution in [0.3, 0.4) is 0 Å². The number of aromatic nitrogens is 2. The summed E-state index contributed by atoms with van der Waals surface area (Å²) in [7, 11) is 2.27. The van der Waals surface area contributed by atoms with Crippen molar-refractivity contribution < 1.29 is 9.26 Å². The van der Waals surface area contributed by atoms with E-state index in [1.807, 2.05) is 25.3 Å². The van der Waals surface area contributed by atoms with Gasteiger partial charge in [0, 0.05) is 50.2 Å². The molecule has 0 radical (unpaired) electrons. The number of ether oxygens (including phenoxy) is 1. The molecule has 0 amide bonds. The number of pyridine rings is 1. The molecule has 6 heteroatoms. The van der Waals surface area contributed by atoms with E-state index < -0.39 is 0 Å². The van der Waals surface area contributed by atoms with Crippen LogP contribution in [-0.2, 0) is 17.9 Å². The van der Waals surface area contributed by atoms with Crippen LogP contribution in [0.1, 0.15) is 29.9 Å². The molecule has 2 fully saturated rings. The van der Waals surface area contributed by atoms with Gasteiger partial charge in [0.2, 0.25) is 0 Å². The fourth-order valence-corrected chi connectivity index (χ4v) is 4.37. The Morgan fingerprint density at radius 3 is 3.00 bits per heavy atom. The van der Waals surface area contributed by atoms with E-state index >= 15 is 0 Å². The van der Waals surface area contributed by atoms with Crippen molar-refractivity contribution in [2.45, 2.75) is 38.5 Å². The van der Waals surface area contributed by atoms with E-state index in [1.165, 1.54) is 12.8 Å². The average molecular weight is 356 g/mol. The van der Waals surface area contributed by atoms with Crippen LogP contribution in [0, 0.1) is 12.8 Å². The van der Waals surface area contributed by atoms with Gasteiger partial charge in [0.1, 0.15) is 5.76 Å². The Bertz CT molecular complexity index is 712. The molecule has 0 aliphatic carbocycles. The highest BCUT2D eigenvalue weighted by atomic mass is 16.5. The third-order valence-electron chi connectivity index (χ3n) is 5.79. The molecule has 2 aromatic heterocycles. The van der Waals surface area contributed by atoms with Crippen molar-refractivity contribution in [3.05, 3.63) is 47.6 Å². The van der Waals surface area contributed by atoms with Crippen molar-refractivity contribution in [1.82, 2.24) is 19.9 Å². The number of hydrogen-bond donors (Lipinski definition) is 0. The van der Waals surface area contributed by atoms with E-state index in [0.717, 1.165) is 49.8 Å². The van der Waals surface area contributed by atoms with E-state index in [9.17, 15) is 0 Å². The Kier molecular flexibility index (Phi) is 5.07. The molecule has 2 saturated heterocycles. The van der Waals surface area contributed by atoms with Crippen molar-refractivity contribution in [1.29, 1.82) is 0 Å². The summed E-state index contributed by atoms with van der Waals surface area (Å²) in [5.41, 5.74) is 2.49. The lowest BCUT2D eigenvalue weighted by Gasteiger charge is -2.58. The second kappa shape index (κ2) is 7.47. The summed E-state index contributed by atoms with van der Waals surface area (Å²) in [6.45, 7) is 7.69. The zero-order valence-corrected chi connectivity index (χ0v) is 15.7. The lowest BCUT2D eigenvalue weighted by molar-refractivity contribution is -0.0941. The SMILES string of the molecule is Cc1cc(CN2CC3(C[C@H](COCc4cccnc4)CCN3C)C2)no1. The Labute approximate surface area is 155 Å². The Balaban J connectivity index is 1.26. The van der Waals surface area contributed by atoms with Crippen molar-refractivity contribution in [3.63, 3.8) is 0 Å². The van der Waals surface area contributed by atoms with Gasteiger partial charge in [0.05, 0.1) is 12.3 Å². The number of likely N-dealkylation sites (tertiary alicyclic amines) is 2. The minimum Gasteiger partial charge on any atom is -0.376 e. The second-order valence-electron chi connectivity index (χ2n) is 7.96. The predicted molar refractivity (Wildman–Crippen MR) is 98.5 cm³/mol. The normalized spacial score (nSPS) is 23.2. The number of nitrogens with zero attached hydrogens (tertiary/aromatic N) is 4. The molecule has 0 N–H and O–H groups in total. The number of likely N-dealkylation sites (N-methyl/N-ethyl adjacent to an activating group) is 1. The molecule has 1 atom stereocenters. The van der Waals surface area contributed by atoms with Gasteiger partial charge < -0.3 is 9.26 Å². The summed E-state index contributed by atoms with van der Waals surface area (Å²) < 4.78 is 11.2. The molecule has 0 unspecified atom stereocenters. The maximum atomic E-state index is 5.99. The number of hydrogen-bond acceptors (Lipinski definition) is 6. The minimum atomic E-state index is 0.305. The van der Waals surface area contributed by atoms with E-state index in [1.54, 1.807) is 6.20 Å². The smallest absolute Gasteiger partial charge is 0.133 e. The molecule has 6 nitrogen and oxygen atoms in total. The first kappa shape index (κ1) is 17.6. The lowest BCUT2D eigenvalue weighted by atomic mass is 9.75. The molecule has 26 heavy (non-hydrogen) atoms. The van der Waals surface area contributed by atoms with Gasteiger partial charge in [-0.1, -0.05) is 11.2 Å². The van der Waals surface area contributed by atoms with Crippen LogP contribution in [0.4, 0.5) is 0 Å². The Hall–Kier alpha value is -1.76. The van der Waals surface area contributed by atoms with Gasteiger partial charge in [-0.15, -0.1) is 0 Å². The van der Waals surface area contributed by atoms with Crippen molar-refractivity contribution in [3.8, 4) is 0 Å². The molecule has 0 saturated carbocycles. The van der Waals surface area contributed by atoms with Crippen LogP contribution < -0.4 is 0 Å². The Morgan fingerprint density at radius 1 is 1.38 bits per heavy atom. The van der Waals surface area contributed by atoms with Crippen LogP contribution in [-0.4, -0.2) is 58.8 Å². The molecule has 0 aromatic carbocycles. The summed E-state index contributed by atoms with van der Waals surface area (Å²) >= 11 is 0. The largest absolute Gasteiger partial charge is 0.376 e. The van der Waals surface area contributed by atoms with Gasteiger partial charge in [-0.25, -0.2) is 0 Å². The highest BCUT2D eigenvalue weighted by molar-refractivity contribution is 5.10. The van der Waals surface area contributed by atoms with E-state index in [4.69, 9.17) is 9.26 Å². The Morgan fingerprint density at radius 2 is 2.27 bits per heavy atom. The summed E-state index contributed by atoms with van der Waals surface area (Å²) in [6.07, 6.45) is 6.11. The fourth-order valence-electron chi connectivity index (χ4n) is 4.37. The van der Waals surface area contributed by atoms with Crippen LogP contribution in [0.5, 0.6) is 0 Å². The van der Waals surface area contributed by atoms with Gasteiger partial charge in [-0.2, -0.15) is 0 Å². The standard InChI is InChI=1S/C20H28N4O2/c1-16-8-19(22-26-16)11-24-14-20(15-24)9-17(5-7-23(20)2)12-25-13-18-4-3-6-21-10-18/h3-4,6,8,10,17H,5,7,9,11-15H2,1-2H3/t17-/m1/s1. The van der Waals surface area contributed by atoms with Crippen LogP contribution in [0.15, 0.2) is 35.1 Å². The minimum absolute atomic E-state index is 0.305. The molecule has 1 spiro atoms. The van der Waals surface area contributed by atoms with E-state index in [2.05, 4.69) is 33.1 Å². The van der Waals surface area contributed by atoms with Gasteiger partial charge in [-0.3, -0.25) is 14.8 Å². The zero-order chi connectivity index (χ0) is 18.0. The first-order valence-corrected chi connectivity index (χ1v) is 9.45. The van der Waals surface area contributed by atoms with Crippen molar-refractivity contribution >= 4 is 0 Å². The third kappa shape index (κ3) is 3.82. The molecular formula is C20H28N4O2. The van der Waals surface area contributed by atoms with Gasteiger partial charge >= 0.3 is 0 Å². The number of piperidine rings is 1.